The maximum Gasteiger partial charge on any atom is 0.416 e. The Morgan fingerprint density at radius 1 is 1.13 bits per heavy atom. The molecule has 3 N–H and O–H groups in total. The summed E-state index contributed by atoms with van der Waals surface area (Å²) < 4.78 is 37.3. The Bertz CT molecular complexity index is 703. The van der Waals surface area contributed by atoms with Crippen LogP contribution >= 0.6 is 11.6 Å². The molecule has 0 radical (unpaired) electrons. The third-order valence-electron chi connectivity index (χ3n) is 2.94. The molecule has 0 fully saturated rings. The molecule has 0 unspecified atom stereocenters. The van der Waals surface area contributed by atoms with E-state index in [4.69, 9.17) is 11.6 Å². The largest absolute Gasteiger partial charge is 0.506 e. The molecule has 8 heteroatoms. The summed E-state index contributed by atoms with van der Waals surface area (Å²) in [6.07, 6.45) is -4.40. The van der Waals surface area contributed by atoms with E-state index in [1.165, 1.54) is 30.3 Å². The minimum Gasteiger partial charge on any atom is -0.506 e. The van der Waals surface area contributed by atoms with Crippen LogP contribution in [0, 0.1) is 0 Å². The third kappa shape index (κ3) is 4.79. The SMILES string of the molecule is O=C(NCc1ccc(C(F)(F)F)cc1)Nc1cc(Cl)ccc1O. The number of benzene rings is 2. The van der Waals surface area contributed by atoms with Gasteiger partial charge in [0, 0.05) is 11.6 Å². The number of phenols is 1. The molecule has 2 amide bonds. The molecule has 0 aliphatic carbocycles. The van der Waals surface area contributed by atoms with Crippen molar-refractivity contribution >= 4 is 23.3 Å². The van der Waals surface area contributed by atoms with Crippen molar-refractivity contribution in [2.45, 2.75) is 12.7 Å². The Kier molecular flexibility index (Phi) is 5.00. The van der Waals surface area contributed by atoms with Crippen LogP contribution in [0.25, 0.3) is 0 Å². The Morgan fingerprint density at radius 3 is 2.39 bits per heavy atom. The van der Waals surface area contributed by atoms with Crippen molar-refractivity contribution in [3.8, 4) is 5.75 Å². The molecule has 2 aromatic carbocycles. The van der Waals surface area contributed by atoms with Crippen LogP contribution in [0.15, 0.2) is 42.5 Å². The summed E-state index contributed by atoms with van der Waals surface area (Å²) in [5.41, 5.74) is -0.125. The standard InChI is InChI=1S/C15H12ClF3N2O2/c16-11-5-6-13(22)12(7-11)21-14(23)20-8-9-1-3-10(4-2-9)15(17,18)19/h1-7,22H,8H2,(H2,20,21,23). The lowest BCUT2D eigenvalue weighted by Gasteiger charge is -2.10. The summed E-state index contributed by atoms with van der Waals surface area (Å²) in [7, 11) is 0. The molecule has 0 saturated carbocycles. The number of hydrogen-bond donors (Lipinski definition) is 3. The van der Waals surface area contributed by atoms with Crippen LogP contribution in [0.2, 0.25) is 5.02 Å². The zero-order valence-corrected chi connectivity index (χ0v) is 12.4. The van der Waals surface area contributed by atoms with E-state index >= 15 is 0 Å². The van der Waals surface area contributed by atoms with E-state index in [1.807, 2.05) is 0 Å². The van der Waals surface area contributed by atoms with Gasteiger partial charge in [-0.2, -0.15) is 13.2 Å². The molecule has 0 atom stereocenters. The van der Waals surface area contributed by atoms with Crippen LogP contribution in [-0.4, -0.2) is 11.1 Å². The third-order valence-corrected chi connectivity index (χ3v) is 3.18. The molecule has 4 nitrogen and oxygen atoms in total. The number of amides is 2. The second-order valence-electron chi connectivity index (χ2n) is 4.66. The smallest absolute Gasteiger partial charge is 0.416 e. The predicted molar refractivity (Wildman–Crippen MR) is 80.4 cm³/mol. The average Bonchev–Trinajstić information content (AvgIpc) is 2.48. The topological polar surface area (TPSA) is 61.4 Å². The van der Waals surface area contributed by atoms with E-state index in [9.17, 15) is 23.1 Å². The summed E-state index contributed by atoms with van der Waals surface area (Å²) in [5.74, 6) is -0.154. The summed E-state index contributed by atoms with van der Waals surface area (Å²) in [5, 5.41) is 14.8. The normalized spacial score (nSPS) is 11.1. The van der Waals surface area contributed by atoms with Gasteiger partial charge in [-0.3, -0.25) is 0 Å². The number of carbonyl (C=O) groups is 1. The molecule has 0 saturated heterocycles. The zero-order chi connectivity index (χ0) is 17.0. The molecule has 2 aromatic rings. The molecular formula is C15H12ClF3N2O2. The maximum atomic E-state index is 12.4. The first kappa shape index (κ1) is 17.0. The summed E-state index contributed by atoms with van der Waals surface area (Å²) in [6, 6.07) is 7.97. The highest BCUT2D eigenvalue weighted by Crippen LogP contribution is 2.29. The highest BCUT2D eigenvalue weighted by molar-refractivity contribution is 6.31. The minimum absolute atomic E-state index is 0.0330. The zero-order valence-electron chi connectivity index (χ0n) is 11.6. The quantitative estimate of drug-likeness (QED) is 0.723. The van der Waals surface area contributed by atoms with Crippen LogP contribution < -0.4 is 10.6 Å². The number of phenolic OH excluding ortho intramolecular Hbond substituents is 1. The fourth-order valence-corrected chi connectivity index (χ4v) is 1.94. The van der Waals surface area contributed by atoms with Crippen LogP contribution in [0.4, 0.5) is 23.7 Å². The number of rotatable bonds is 3. The fourth-order valence-electron chi connectivity index (χ4n) is 1.77. The lowest BCUT2D eigenvalue weighted by molar-refractivity contribution is -0.137. The highest BCUT2D eigenvalue weighted by Gasteiger charge is 2.29. The first-order valence-electron chi connectivity index (χ1n) is 6.45. The van der Waals surface area contributed by atoms with E-state index in [0.717, 1.165) is 12.1 Å². The van der Waals surface area contributed by atoms with E-state index in [0.29, 0.717) is 10.6 Å². The number of urea groups is 1. The van der Waals surface area contributed by atoms with Crippen molar-refractivity contribution < 1.29 is 23.1 Å². The van der Waals surface area contributed by atoms with Gasteiger partial charge in [-0.25, -0.2) is 4.79 Å². The van der Waals surface area contributed by atoms with Gasteiger partial charge in [0.1, 0.15) is 5.75 Å². The second-order valence-corrected chi connectivity index (χ2v) is 5.10. The number of nitrogens with one attached hydrogen (secondary N) is 2. The van der Waals surface area contributed by atoms with E-state index in [1.54, 1.807) is 0 Å². The van der Waals surface area contributed by atoms with Crippen LogP contribution in [0.5, 0.6) is 5.75 Å². The predicted octanol–water partition coefficient (Wildman–Crippen LogP) is 4.39. The molecule has 0 bridgehead atoms. The van der Waals surface area contributed by atoms with Crippen molar-refractivity contribution in [3.63, 3.8) is 0 Å². The van der Waals surface area contributed by atoms with Gasteiger partial charge >= 0.3 is 12.2 Å². The summed E-state index contributed by atoms with van der Waals surface area (Å²) in [6.45, 7) is 0.0330. The van der Waals surface area contributed by atoms with Crippen molar-refractivity contribution in [1.82, 2.24) is 5.32 Å². The molecule has 0 heterocycles. The molecule has 0 aliphatic heterocycles. The van der Waals surface area contributed by atoms with Gasteiger partial charge in [0.05, 0.1) is 11.3 Å². The average molecular weight is 345 g/mol. The molecule has 2 rings (SSSR count). The monoisotopic (exact) mass is 344 g/mol. The van der Waals surface area contributed by atoms with Crippen molar-refractivity contribution in [1.29, 1.82) is 0 Å². The molecule has 23 heavy (non-hydrogen) atoms. The Morgan fingerprint density at radius 2 is 1.78 bits per heavy atom. The molecule has 0 spiro atoms. The maximum absolute atomic E-state index is 12.4. The summed E-state index contributed by atoms with van der Waals surface area (Å²) in [4.78, 5) is 11.7. The van der Waals surface area contributed by atoms with Gasteiger partial charge in [0.25, 0.3) is 0 Å². The minimum atomic E-state index is -4.40. The fraction of sp³-hybridized carbons (Fsp3) is 0.133. The number of halogens is 4. The van der Waals surface area contributed by atoms with E-state index in [2.05, 4.69) is 10.6 Å². The van der Waals surface area contributed by atoms with E-state index in [-0.39, 0.29) is 18.0 Å². The van der Waals surface area contributed by atoms with Crippen LogP contribution in [-0.2, 0) is 12.7 Å². The van der Waals surface area contributed by atoms with Crippen LogP contribution in [0.3, 0.4) is 0 Å². The number of alkyl halides is 3. The number of aromatic hydroxyl groups is 1. The first-order chi connectivity index (χ1) is 10.8. The molecule has 0 aliphatic rings. The van der Waals surface area contributed by atoms with Crippen LogP contribution in [0.1, 0.15) is 11.1 Å². The number of anilines is 1. The van der Waals surface area contributed by atoms with Gasteiger partial charge in [-0.15, -0.1) is 0 Å². The van der Waals surface area contributed by atoms with Gasteiger partial charge in [-0.1, -0.05) is 23.7 Å². The van der Waals surface area contributed by atoms with Gasteiger partial charge in [0.2, 0.25) is 0 Å². The Hall–Kier alpha value is -2.41. The number of hydrogen-bond acceptors (Lipinski definition) is 2. The lowest BCUT2D eigenvalue weighted by atomic mass is 10.1. The second kappa shape index (κ2) is 6.78. The van der Waals surface area contributed by atoms with Gasteiger partial charge < -0.3 is 15.7 Å². The molecule has 0 aromatic heterocycles. The Labute approximate surface area is 134 Å². The van der Waals surface area contributed by atoms with Crippen molar-refractivity contribution in [2.24, 2.45) is 0 Å². The molecular weight excluding hydrogens is 333 g/mol. The Balaban J connectivity index is 1.93. The van der Waals surface area contributed by atoms with Gasteiger partial charge in [-0.05, 0) is 35.9 Å². The van der Waals surface area contributed by atoms with Gasteiger partial charge in [0.15, 0.2) is 0 Å². The molecule has 122 valence electrons. The lowest BCUT2D eigenvalue weighted by Crippen LogP contribution is -2.28. The number of carbonyl (C=O) groups excluding carboxylic acids is 1. The van der Waals surface area contributed by atoms with Crippen molar-refractivity contribution in [2.75, 3.05) is 5.32 Å². The van der Waals surface area contributed by atoms with E-state index < -0.39 is 17.8 Å². The highest BCUT2D eigenvalue weighted by atomic mass is 35.5. The first-order valence-corrected chi connectivity index (χ1v) is 6.83. The summed E-state index contributed by atoms with van der Waals surface area (Å²) >= 11 is 5.75. The van der Waals surface area contributed by atoms with Crippen molar-refractivity contribution in [3.05, 3.63) is 58.6 Å².